The van der Waals surface area contributed by atoms with Crippen LogP contribution in [0.25, 0.3) is 0 Å². The van der Waals surface area contributed by atoms with Crippen molar-refractivity contribution in [1.29, 1.82) is 0 Å². The van der Waals surface area contributed by atoms with Crippen molar-refractivity contribution in [3.05, 3.63) is 69.5 Å². The van der Waals surface area contributed by atoms with Crippen molar-refractivity contribution < 1.29 is 14.1 Å². The molecule has 1 amide bonds. The summed E-state index contributed by atoms with van der Waals surface area (Å²) in [5.74, 6) is -0.469. The fourth-order valence-electron chi connectivity index (χ4n) is 2.24. The Morgan fingerprint density at radius 1 is 1.13 bits per heavy atom. The lowest BCUT2D eigenvalue weighted by molar-refractivity contribution is -0.885. The lowest BCUT2D eigenvalue weighted by atomic mass is 10.2. The van der Waals surface area contributed by atoms with Crippen molar-refractivity contribution in [2.75, 3.05) is 13.6 Å². The van der Waals surface area contributed by atoms with Crippen LogP contribution in [0.3, 0.4) is 0 Å². The van der Waals surface area contributed by atoms with Crippen molar-refractivity contribution in [2.45, 2.75) is 13.1 Å². The van der Waals surface area contributed by atoms with E-state index >= 15 is 0 Å². The van der Waals surface area contributed by atoms with Crippen LogP contribution in [0.4, 0.5) is 4.39 Å². The molecule has 0 aliphatic rings. The Labute approximate surface area is 145 Å². The molecule has 0 radical (unpaired) electrons. The predicted octanol–water partition coefficient (Wildman–Crippen LogP) is 2.46. The van der Waals surface area contributed by atoms with Crippen LogP contribution >= 0.6 is 23.2 Å². The van der Waals surface area contributed by atoms with Crippen LogP contribution in [0.2, 0.25) is 10.0 Å². The lowest BCUT2D eigenvalue weighted by Gasteiger charge is -2.15. The van der Waals surface area contributed by atoms with Crippen molar-refractivity contribution in [3.63, 3.8) is 0 Å². The summed E-state index contributed by atoms with van der Waals surface area (Å²) in [7, 11) is 1.89. The molecule has 0 heterocycles. The third-order valence-corrected chi connectivity index (χ3v) is 4.28. The number of hydrogen-bond acceptors (Lipinski definition) is 1. The van der Waals surface area contributed by atoms with E-state index in [0.29, 0.717) is 22.2 Å². The first-order chi connectivity index (χ1) is 11.0. The van der Waals surface area contributed by atoms with Gasteiger partial charge in [-0.25, -0.2) is 4.39 Å². The largest absolute Gasteiger partial charge is 0.347 e. The second-order valence-electron chi connectivity index (χ2n) is 5.39. The Kier molecular flexibility index (Phi) is 6.39. The van der Waals surface area contributed by atoms with Gasteiger partial charge in [-0.2, -0.15) is 0 Å². The Bertz CT molecular complexity index is 694. The van der Waals surface area contributed by atoms with Gasteiger partial charge in [0.25, 0.3) is 5.91 Å². The first-order valence-corrected chi connectivity index (χ1v) is 7.97. The number of carbonyl (C=O) groups excluding carboxylic acids is 1. The fraction of sp³-hybridized carbons (Fsp3) is 0.235. The second-order valence-corrected chi connectivity index (χ2v) is 6.18. The second kappa shape index (κ2) is 8.29. The highest BCUT2D eigenvalue weighted by atomic mass is 35.5. The number of hydrogen-bond donors (Lipinski definition) is 2. The van der Waals surface area contributed by atoms with E-state index in [9.17, 15) is 9.18 Å². The lowest BCUT2D eigenvalue weighted by Crippen LogP contribution is -3.08. The van der Waals surface area contributed by atoms with E-state index < -0.39 is 0 Å². The van der Waals surface area contributed by atoms with Crippen molar-refractivity contribution in [3.8, 4) is 0 Å². The molecule has 2 rings (SSSR count). The van der Waals surface area contributed by atoms with Crippen molar-refractivity contribution in [2.24, 2.45) is 0 Å². The van der Waals surface area contributed by atoms with Gasteiger partial charge in [-0.05, 0) is 12.1 Å². The quantitative estimate of drug-likeness (QED) is 0.819. The van der Waals surface area contributed by atoms with Gasteiger partial charge in [-0.15, -0.1) is 0 Å². The normalized spacial score (nSPS) is 12.0. The van der Waals surface area contributed by atoms with Gasteiger partial charge in [-0.3, -0.25) is 4.79 Å². The van der Waals surface area contributed by atoms with Gasteiger partial charge in [0.2, 0.25) is 0 Å². The first-order valence-electron chi connectivity index (χ1n) is 7.21. The molecule has 3 nitrogen and oxygen atoms in total. The van der Waals surface area contributed by atoms with Crippen LogP contribution in [0, 0.1) is 5.82 Å². The van der Waals surface area contributed by atoms with E-state index in [0.717, 1.165) is 10.5 Å². The number of carbonyl (C=O) groups is 1. The van der Waals surface area contributed by atoms with Gasteiger partial charge in [0, 0.05) is 17.7 Å². The van der Waals surface area contributed by atoms with Crippen molar-refractivity contribution in [1.82, 2.24) is 5.32 Å². The third-order valence-electron chi connectivity index (χ3n) is 3.42. The number of amides is 1. The van der Waals surface area contributed by atoms with E-state index in [1.165, 1.54) is 6.07 Å². The highest BCUT2D eigenvalue weighted by Gasteiger charge is 2.14. The molecular weight excluding hydrogens is 338 g/mol. The molecule has 0 aliphatic carbocycles. The maximum atomic E-state index is 13.5. The van der Waals surface area contributed by atoms with E-state index in [-0.39, 0.29) is 24.8 Å². The SMILES string of the molecule is C[NH+](CC(=O)NCc1ccccc1F)Cc1cccc(Cl)c1Cl. The van der Waals surface area contributed by atoms with Gasteiger partial charge in [0.1, 0.15) is 12.4 Å². The highest BCUT2D eigenvalue weighted by Crippen LogP contribution is 2.24. The number of quaternary nitrogens is 1. The molecule has 2 aromatic rings. The highest BCUT2D eigenvalue weighted by molar-refractivity contribution is 6.42. The number of nitrogens with one attached hydrogen (secondary N) is 2. The molecule has 1 atom stereocenters. The van der Waals surface area contributed by atoms with E-state index in [4.69, 9.17) is 23.2 Å². The molecular formula is C17H18Cl2FN2O+. The average molecular weight is 356 g/mol. The maximum absolute atomic E-state index is 13.5. The molecule has 6 heteroatoms. The molecule has 0 aromatic heterocycles. The number of likely N-dealkylation sites (N-methyl/N-ethyl adjacent to an activating group) is 1. The molecule has 2 aromatic carbocycles. The summed E-state index contributed by atoms with van der Waals surface area (Å²) in [5.41, 5.74) is 1.36. The minimum absolute atomic E-state index is 0.149. The van der Waals surface area contributed by atoms with Gasteiger partial charge >= 0.3 is 0 Å². The Balaban J connectivity index is 1.85. The summed E-state index contributed by atoms with van der Waals surface area (Å²) >= 11 is 12.1. The van der Waals surface area contributed by atoms with Gasteiger partial charge in [-0.1, -0.05) is 53.5 Å². The Hall–Kier alpha value is -1.62. The standard InChI is InChI=1S/C17H17Cl2FN2O/c1-22(10-13-6-4-7-14(18)17(13)19)11-16(23)21-9-12-5-2-3-8-15(12)20/h2-8H,9-11H2,1H3,(H,21,23)/p+1. The van der Waals surface area contributed by atoms with Crippen LogP contribution in [-0.4, -0.2) is 19.5 Å². The van der Waals surface area contributed by atoms with Gasteiger partial charge in [0.05, 0.1) is 17.1 Å². The summed E-state index contributed by atoms with van der Waals surface area (Å²) in [4.78, 5) is 12.9. The van der Waals surface area contributed by atoms with E-state index in [1.807, 2.05) is 19.2 Å². The van der Waals surface area contributed by atoms with Crippen LogP contribution in [-0.2, 0) is 17.9 Å². The molecule has 0 bridgehead atoms. The number of halogens is 3. The third kappa shape index (κ3) is 5.20. The summed E-state index contributed by atoms with van der Waals surface area (Å²) in [5, 5.41) is 3.74. The van der Waals surface area contributed by atoms with E-state index in [1.54, 1.807) is 24.3 Å². The smallest absolute Gasteiger partial charge is 0.275 e. The monoisotopic (exact) mass is 355 g/mol. The molecule has 0 aliphatic heterocycles. The molecule has 2 N–H and O–H groups in total. The van der Waals surface area contributed by atoms with Crippen LogP contribution < -0.4 is 10.2 Å². The Morgan fingerprint density at radius 3 is 2.57 bits per heavy atom. The molecule has 0 fully saturated rings. The zero-order valence-electron chi connectivity index (χ0n) is 12.7. The summed E-state index contributed by atoms with van der Waals surface area (Å²) in [6, 6.07) is 11.8. The zero-order chi connectivity index (χ0) is 16.8. The molecule has 122 valence electrons. The molecule has 23 heavy (non-hydrogen) atoms. The average Bonchev–Trinajstić information content (AvgIpc) is 2.51. The van der Waals surface area contributed by atoms with Crippen LogP contribution in [0.5, 0.6) is 0 Å². The Morgan fingerprint density at radius 2 is 1.83 bits per heavy atom. The molecule has 1 unspecified atom stereocenters. The predicted molar refractivity (Wildman–Crippen MR) is 90.2 cm³/mol. The number of rotatable bonds is 6. The maximum Gasteiger partial charge on any atom is 0.275 e. The summed E-state index contributed by atoms with van der Waals surface area (Å²) in [6.07, 6.45) is 0. The minimum Gasteiger partial charge on any atom is -0.347 e. The topological polar surface area (TPSA) is 33.5 Å². The fourth-order valence-corrected chi connectivity index (χ4v) is 2.63. The number of benzene rings is 2. The molecule has 0 saturated carbocycles. The molecule has 0 saturated heterocycles. The zero-order valence-corrected chi connectivity index (χ0v) is 14.2. The first kappa shape index (κ1) is 17.7. The summed E-state index contributed by atoms with van der Waals surface area (Å²) in [6.45, 7) is 1.01. The van der Waals surface area contributed by atoms with Crippen molar-refractivity contribution >= 4 is 29.1 Å². The minimum atomic E-state index is -0.320. The van der Waals surface area contributed by atoms with Crippen LogP contribution in [0.15, 0.2) is 42.5 Å². The van der Waals surface area contributed by atoms with Gasteiger partial charge in [0.15, 0.2) is 6.54 Å². The van der Waals surface area contributed by atoms with Gasteiger partial charge < -0.3 is 10.2 Å². The van der Waals surface area contributed by atoms with E-state index in [2.05, 4.69) is 5.32 Å². The summed E-state index contributed by atoms with van der Waals surface area (Å²) < 4.78 is 13.5. The van der Waals surface area contributed by atoms with Crippen LogP contribution in [0.1, 0.15) is 11.1 Å². The molecule has 0 spiro atoms.